The Balaban J connectivity index is 0.00000128. The molecule has 0 atom stereocenters. The van der Waals surface area contributed by atoms with Crippen LogP contribution in [0.25, 0.3) is 0 Å². The second-order valence-corrected chi connectivity index (χ2v) is 4.11. The first-order chi connectivity index (χ1) is 7.24. The summed E-state index contributed by atoms with van der Waals surface area (Å²) in [5.74, 6) is 0.371. The molecule has 0 bridgehead atoms. The lowest BCUT2D eigenvalue weighted by Gasteiger charge is -2.26. The molecule has 2 nitrogen and oxygen atoms in total. The van der Waals surface area contributed by atoms with Crippen LogP contribution in [0.2, 0.25) is 0 Å². The Morgan fingerprint density at radius 2 is 1.88 bits per heavy atom. The molecule has 0 saturated heterocycles. The van der Waals surface area contributed by atoms with E-state index in [1.54, 1.807) is 12.1 Å². The van der Waals surface area contributed by atoms with Crippen molar-refractivity contribution in [3.05, 3.63) is 30.1 Å². The molecule has 2 N–H and O–H groups in total. The van der Waals surface area contributed by atoms with Crippen molar-refractivity contribution in [2.75, 3.05) is 0 Å². The quantitative estimate of drug-likeness (QED) is 0.870. The molecule has 1 saturated carbocycles. The van der Waals surface area contributed by atoms with Crippen LogP contribution in [0.1, 0.15) is 25.7 Å². The Hall–Kier alpha value is -0.800. The molecule has 0 amide bonds. The van der Waals surface area contributed by atoms with Gasteiger partial charge in [0.05, 0.1) is 6.10 Å². The summed E-state index contributed by atoms with van der Waals surface area (Å²) in [7, 11) is 0. The zero-order valence-corrected chi connectivity index (χ0v) is 9.88. The zero-order chi connectivity index (χ0) is 10.7. The molecule has 1 aromatic rings. The Labute approximate surface area is 101 Å². The average molecular weight is 246 g/mol. The highest BCUT2D eigenvalue weighted by Crippen LogP contribution is 2.23. The van der Waals surface area contributed by atoms with Gasteiger partial charge in [-0.3, -0.25) is 0 Å². The second kappa shape index (κ2) is 6.06. The van der Waals surface area contributed by atoms with Gasteiger partial charge in [0.25, 0.3) is 0 Å². The molecule has 0 radical (unpaired) electrons. The third-order valence-electron chi connectivity index (χ3n) is 2.82. The first-order valence-electron chi connectivity index (χ1n) is 5.42. The Bertz CT molecular complexity index is 327. The van der Waals surface area contributed by atoms with Crippen molar-refractivity contribution in [3.63, 3.8) is 0 Å². The first kappa shape index (κ1) is 13.3. The van der Waals surface area contributed by atoms with Gasteiger partial charge >= 0.3 is 0 Å². The minimum absolute atomic E-state index is 0. The van der Waals surface area contributed by atoms with Gasteiger partial charge in [0, 0.05) is 12.1 Å². The van der Waals surface area contributed by atoms with Crippen molar-refractivity contribution in [1.82, 2.24) is 0 Å². The number of ether oxygens (including phenoxy) is 1. The van der Waals surface area contributed by atoms with Crippen LogP contribution < -0.4 is 10.5 Å². The molecule has 0 spiro atoms. The van der Waals surface area contributed by atoms with Crippen LogP contribution in [-0.4, -0.2) is 12.1 Å². The molecule has 0 aromatic heterocycles. The van der Waals surface area contributed by atoms with Gasteiger partial charge in [0.15, 0.2) is 0 Å². The molecule has 1 fully saturated rings. The van der Waals surface area contributed by atoms with E-state index in [0.717, 1.165) is 25.7 Å². The first-order valence-corrected chi connectivity index (χ1v) is 5.42. The summed E-state index contributed by atoms with van der Waals surface area (Å²) in [4.78, 5) is 0. The minimum Gasteiger partial charge on any atom is -0.490 e. The summed E-state index contributed by atoms with van der Waals surface area (Å²) < 4.78 is 18.6. The molecule has 2 rings (SSSR count). The van der Waals surface area contributed by atoms with Crippen LogP contribution in [0.5, 0.6) is 5.75 Å². The molecular formula is C12H17ClFNO. The van der Waals surface area contributed by atoms with Gasteiger partial charge in [-0.2, -0.15) is 0 Å². The molecule has 1 aromatic carbocycles. The number of rotatable bonds is 2. The van der Waals surface area contributed by atoms with Gasteiger partial charge in [-0.15, -0.1) is 12.4 Å². The maximum absolute atomic E-state index is 12.9. The van der Waals surface area contributed by atoms with Gasteiger partial charge in [0.1, 0.15) is 11.6 Å². The Kier molecular flexibility index (Phi) is 5.03. The number of hydrogen-bond acceptors (Lipinski definition) is 2. The predicted molar refractivity (Wildman–Crippen MR) is 64.5 cm³/mol. The van der Waals surface area contributed by atoms with Gasteiger partial charge in [-0.1, -0.05) is 6.07 Å². The topological polar surface area (TPSA) is 35.2 Å². The fourth-order valence-electron chi connectivity index (χ4n) is 1.94. The standard InChI is InChI=1S/C12H16FNO.ClH/c13-9-2-1-3-12(8-9)15-11-6-4-10(14)5-7-11;/h1-3,8,10-11H,4-7,14H2;1H. The van der Waals surface area contributed by atoms with Gasteiger partial charge < -0.3 is 10.5 Å². The smallest absolute Gasteiger partial charge is 0.126 e. The third-order valence-corrected chi connectivity index (χ3v) is 2.82. The summed E-state index contributed by atoms with van der Waals surface area (Å²) in [6.07, 6.45) is 4.14. The fourth-order valence-corrected chi connectivity index (χ4v) is 1.94. The molecule has 4 heteroatoms. The van der Waals surface area contributed by atoms with E-state index in [1.807, 2.05) is 0 Å². The Morgan fingerprint density at radius 1 is 1.19 bits per heavy atom. The summed E-state index contributed by atoms with van der Waals surface area (Å²) in [6, 6.07) is 6.62. The molecule has 1 aliphatic rings. The predicted octanol–water partition coefficient (Wildman–Crippen LogP) is 2.90. The van der Waals surface area contributed by atoms with Crippen LogP contribution in [0.15, 0.2) is 24.3 Å². The lowest BCUT2D eigenvalue weighted by atomic mass is 9.94. The maximum atomic E-state index is 12.9. The van der Waals surface area contributed by atoms with Crippen LogP contribution >= 0.6 is 12.4 Å². The second-order valence-electron chi connectivity index (χ2n) is 4.11. The van der Waals surface area contributed by atoms with Crippen LogP contribution in [-0.2, 0) is 0 Å². The highest BCUT2D eigenvalue weighted by atomic mass is 35.5. The molecule has 90 valence electrons. The van der Waals surface area contributed by atoms with Crippen molar-refractivity contribution < 1.29 is 9.13 Å². The van der Waals surface area contributed by atoms with Crippen LogP contribution in [0.4, 0.5) is 4.39 Å². The van der Waals surface area contributed by atoms with Gasteiger partial charge in [-0.05, 0) is 37.8 Å². The van der Waals surface area contributed by atoms with E-state index in [1.165, 1.54) is 12.1 Å². The van der Waals surface area contributed by atoms with Crippen molar-refractivity contribution in [2.24, 2.45) is 5.73 Å². The molecule has 16 heavy (non-hydrogen) atoms. The van der Waals surface area contributed by atoms with E-state index in [2.05, 4.69) is 0 Å². The normalized spacial score (nSPS) is 24.6. The van der Waals surface area contributed by atoms with Crippen LogP contribution in [0.3, 0.4) is 0 Å². The average Bonchev–Trinajstić information content (AvgIpc) is 2.22. The van der Waals surface area contributed by atoms with Crippen molar-refractivity contribution in [3.8, 4) is 5.75 Å². The lowest BCUT2D eigenvalue weighted by molar-refractivity contribution is 0.146. The largest absolute Gasteiger partial charge is 0.490 e. The van der Waals surface area contributed by atoms with Crippen molar-refractivity contribution >= 4 is 12.4 Å². The van der Waals surface area contributed by atoms with E-state index >= 15 is 0 Å². The van der Waals surface area contributed by atoms with E-state index in [4.69, 9.17) is 10.5 Å². The summed E-state index contributed by atoms with van der Waals surface area (Å²) in [5, 5.41) is 0. The highest BCUT2D eigenvalue weighted by Gasteiger charge is 2.19. The minimum atomic E-state index is -0.250. The summed E-state index contributed by atoms with van der Waals surface area (Å²) in [5.41, 5.74) is 5.80. The SMILES string of the molecule is Cl.NC1CCC(Oc2cccc(F)c2)CC1. The Morgan fingerprint density at radius 3 is 2.50 bits per heavy atom. The van der Waals surface area contributed by atoms with Crippen molar-refractivity contribution in [2.45, 2.75) is 37.8 Å². The molecular weight excluding hydrogens is 229 g/mol. The van der Waals surface area contributed by atoms with E-state index < -0.39 is 0 Å². The molecule has 0 aliphatic heterocycles. The van der Waals surface area contributed by atoms with E-state index in [9.17, 15) is 4.39 Å². The number of nitrogens with two attached hydrogens (primary N) is 1. The monoisotopic (exact) mass is 245 g/mol. The lowest BCUT2D eigenvalue weighted by Crippen LogP contribution is -2.31. The highest BCUT2D eigenvalue weighted by molar-refractivity contribution is 5.85. The fraction of sp³-hybridized carbons (Fsp3) is 0.500. The maximum Gasteiger partial charge on any atom is 0.126 e. The number of halogens is 2. The molecule has 0 unspecified atom stereocenters. The third kappa shape index (κ3) is 3.65. The number of hydrogen-bond donors (Lipinski definition) is 1. The van der Waals surface area contributed by atoms with E-state index in [-0.39, 0.29) is 24.3 Å². The number of benzene rings is 1. The van der Waals surface area contributed by atoms with Gasteiger partial charge in [0.2, 0.25) is 0 Å². The van der Waals surface area contributed by atoms with Crippen molar-refractivity contribution in [1.29, 1.82) is 0 Å². The molecule has 0 heterocycles. The summed E-state index contributed by atoms with van der Waals surface area (Å²) >= 11 is 0. The summed E-state index contributed by atoms with van der Waals surface area (Å²) in [6.45, 7) is 0. The van der Waals surface area contributed by atoms with Gasteiger partial charge in [-0.25, -0.2) is 4.39 Å². The molecule has 1 aliphatic carbocycles. The van der Waals surface area contributed by atoms with Crippen LogP contribution in [0, 0.1) is 5.82 Å². The zero-order valence-electron chi connectivity index (χ0n) is 9.06. The van der Waals surface area contributed by atoms with E-state index in [0.29, 0.717) is 11.8 Å².